The number of hydrogen-bond donors (Lipinski definition) is 0. The molecule has 0 bridgehead atoms. The van der Waals surface area contributed by atoms with Crippen LogP contribution in [0.15, 0.2) is 158 Å². The Bertz CT molecular complexity index is 2550. The predicted molar refractivity (Wildman–Crippen MR) is 218 cm³/mol. The zero-order valence-electron chi connectivity index (χ0n) is 30.3. The van der Waals surface area contributed by atoms with E-state index < -0.39 is 0 Å². The molecule has 8 aromatic rings. The van der Waals surface area contributed by atoms with Gasteiger partial charge in [0.1, 0.15) is 17.4 Å². The van der Waals surface area contributed by atoms with E-state index in [1.54, 1.807) is 0 Å². The van der Waals surface area contributed by atoms with Crippen molar-refractivity contribution in [3.8, 4) is 17.4 Å². The second-order valence-corrected chi connectivity index (χ2v) is 14.6. The molecule has 1 aliphatic rings. The highest BCUT2D eigenvalue weighted by Crippen LogP contribution is 2.44. The number of benzene rings is 5. The summed E-state index contributed by atoms with van der Waals surface area (Å²) in [6.45, 7) is 7.39. The third-order valence-electron chi connectivity index (χ3n) is 9.99. The van der Waals surface area contributed by atoms with Crippen molar-refractivity contribution < 1.29 is 4.74 Å². The molecule has 3 aromatic heterocycles. The van der Waals surface area contributed by atoms with Crippen molar-refractivity contribution in [2.45, 2.75) is 26.2 Å². The van der Waals surface area contributed by atoms with Crippen molar-refractivity contribution in [1.29, 1.82) is 0 Å². The molecule has 0 N–H and O–H groups in total. The Balaban J connectivity index is 1.21. The summed E-state index contributed by atoms with van der Waals surface area (Å²) < 4.78 is 9.06. The minimum atomic E-state index is -0.0167. The lowest BCUT2D eigenvalue weighted by molar-refractivity contribution is 0.464. The average molecular weight is 693 g/mol. The van der Waals surface area contributed by atoms with Crippen LogP contribution < -0.4 is 19.4 Å². The van der Waals surface area contributed by atoms with Crippen LogP contribution in [0.1, 0.15) is 26.3 Å². The number of rotatable bonds is 7. The van der Waals surface area contributed by atoms with Crippen LogP contribution in [-0.2, 0) is 5.41 Å². The maximum Gasteiger partial charge on any atom is 0.223 e. The lowest BCUT2D eigenvalue weighted by atomic mass is 9.88. The zero-order valence-corrected chi connectivity index (χ0v) is 30.3. The summed E-state index contributed by atoms with van der Waals surface area (Å²) in [5.41, 5.74) is 8.63. The van der Waals surface area contributed by atoms with E-state index in [0.717, 1.165) is 56.2 Å². The first kappa shape index (κ1) is 32.3. The minimum Gasteiger partial charge on any atom is -0.439 e. The highest BCUT2D eigenvalue weighted by Gasteiger charge is 2.27. The van der Waals surface area contributed by atoms with Gasteiger partial charge in [-0.15, -0.1) is 0 Å². The molecule has 260 valence electrons. The van der Waals surface area contributed by atoms with Gasteiger partial charge in [-0.05, 0) is 77.7 Å². The Kier molecular flexibility index (Phi) is 7.85. The molecule has 0 fully saturated rings. The molecular weight excluding hydrogens is 653 g/mol. The van der Waals surface area contributed by atoms with Crippen LogP contribution in [0.25, 0.3) is 27.6 Å². The number of anilines is 6. The van der Waals surface area contributed by atoms with Crippen LogP contribution >= 0.6 is 0 Å². The molecule has 0 aliphatic carbocycles. The van der Waals surface area contributed by atoms with Gasteiger partial charge >= 0.3 is 0 Å². The van der Waals surface area contributed by atoms with Gasteiger partial charge in [0, 0.05) is 53.6 Å². The van der Waals surface area contributed by atoms with Crippen molar-refractivity contribution in [2.24, 2.45) is 0 Å². The van der Waals surface area contributed by atoms with Crippen LogP contribution in [0, 0.1) is 0 Å². The molecule has 1 aliphatic heterocycles. The Morgan fingerprint density at radius 1 is 0.642 bits per heavy atom. The fraction of sp³-hybridized carbons (Fsp3) is 0.130. The summed E-state index contributed by atoms with van der Waals surface area (Å²) in [6.07, 6.45) is 1.91. The van der Waals surface area contributed by atoms with Crippen molar-refractivity contribution >= 4 is 56.1 Å². The van der Waals surface area contributed by atoms with Crippen molar-refractivity contribution in [2.75, 3.05) is 28.4 Å². The van der Waals surface area contributed by atoms with E-state index in [9.17, 15) is 0 Å². The Labute approximate surface area is 310 Å². The summed E-state index contributed by atoms with van der Waals surface area (Å²) in [5.74, 6) is 2.81. The lowest BCUT2D eigenvalue weighted by Gasteiger charge is -2.27. The van der Waals surface area contributed by atoms with Crippen LogP contribution in [0.2, 0.25) is 0 Å². The normalized spacial score (nSPS) is 12.8. The molecule has 5 aromatic carbocycles. The molecule has 0 atom stereocenters. The smallest absolute Gasteiger partial charge is 0.223 e. The summed E-state index contributed by atoms with van der Waals surface area (Å²) in [7, 11) is 2.12. The summed E-state index contributed by atoms with van der Waals surface area (Å²) >= 11 is 0. The maximum absolute atomic E-state index is 6.82. The molecule has 7 heteroatoms. The van der Waals surface area contributed by atoms with E-state index in [2.05, 4.69) is 174 Å². The molecule has 4 heterocycles. The van der Waals surface area contributed by atoms with E-state index in [-0.39, 0.29) is 5.41 Å². The van der Waals surface area contributed by atoms with Crippen molar-refractivity contribution in [3.05, 3.63) is 163 Å². The summed E-state index contributed by atoms with van der Waals surface area (Å²) in [5, 5.41) is 2.30. The third kappa shape index (κ3) is 5.90. The van der Waals surface area contributed by atoms with Gasteiger partial charge in [-0.2, -0.15) is 4.98 Å². The monoisotopic (exact) mass is 692 g/mol. The van der Waals surface area contributed by atoms with Crippen LogP contribution in [0.4, 0.5) is 34.3 Å². The highest BCUT2D eigenvalue weighted by molar-refractivity contribution is 6.09. The van der Waals surface area contributed by atoms with Crippen LogP contribution in [0.3, 0.4) is 0 Å². The van der Waals surface area contributed by atoms with Gasteiger partial charge in [-0.3, -0.25) is 9.47 Å². The van der Waals surface area contributed by atoms with Gasteiger partial charge < -0.3 is 14.5 Å². The fourth-order valence-electron chi connectivity index (χ4n) is 7.36. The Morgan fingerprint density at radius 3 is 2.04 bits per heavy atom. The molecule has 0 radical (unpaired) electrons. The van der Waals surface area contributed by atoms with E-state index in [4.69, 9.17) is 14.7 Å². The summed E-state index contributed by atoms with van der Waals surface area (Å²) in [6, 6.07) is 52.5. The second-order valence-electron chi connectivity index (χ2n) is 14.6. The molecule has 0 spiro atoms. The molecule has 0 amide bonds. The summed E-state index contributed by atoms with van der Waals surface area (Å²) in [4.78, 5) is 16.8. The van der Waals surface area contributed by atoms with Crippen LogP contribution in [0.5, 0.6) is 11.6 Å². The van der Waals surface area contributed by atoms with Gasteiger partial charge in [-0.25, -0.2) is 4.98 Å². The number of para-hydroxylation sites is 5. The zero-order chi connectivity index (χ0) is 36.1. The number of pyridine rings is 2. The molecule has 9 rings (SSSR count). The van der Waals surface area contributed by atoms with Gasteiger partial charge in [0.15, 0.2) is 0 Å². The number of hydrogen-bond acceptors (Lipinski definition) is 6. The average Bonchev–Trinajstić information content (AvgIpc) is 3.70. The molecule has 0 saturated carbocycles. The SMILES string of the molecule is CN1CN(c2cc(Oc3ccc4c5ccccc5n(-c5cc(C(C)(C)C)ccn5)c4c3)nc(N(c3ccccc3)c3ccccc3)c2)c2ccccc21. The fourth-order valence-corrected chi connectivity index (χ4v) is 7.36. The second kappa shape index (κ2) is 12.9. The number of nitrogens with zero attached hydrogens (tertiary/aromatic N) is 6. The van der Waals surface area contributed by atoms with E-state index in [1.165, 1.54) is 11.3 Å². The number of aromatic nitrogens is 3. The first-order valence-corrected chi connectivity index (χ1v) is 18.0. The Morgan fingerprint density at radius 2 is 1.30 bits per heavy atom. The van der Waals surface area contributed by atoms with E-state index >= 15 is 0 Å². The van der Waals surface area contributed by atoms with E-state index in [1.807, 2.05) is 30.5 Å². The van der Waals surface area contributed by atoms with Crippen molar-refractivity contribution in [3.63, 3.8) is 0 Å². The van der Waals surface area contributed by atoms with Gasteiger partial charge in [-0.1, -0.05) is 87.5 Å². The standard InChI is InChI=1S/C46H40N6O/c1-46(2,3)32-25-26-47-43(27-32)52-39-20-12-11-19-37(39)38-24-23-36(30-42(38)52)53-45-29-35(50-31-49(4)40-21-13-14-22-41(40)50)28-44(48-45)51(33-15-7-5-8-16-33)34-17-9-6-10-18-34/h5-30H,31H2,1-4H3. The quantitative estimate of drug-likeness (QED) is 0.166. The molecule has 0 unspecified atom stereocenters. The Hall–Kier alpha value is -6.60. The largest absolute Gasteiger partial charge is 0.439 e. The molecule has 0 saturated heterocycles. The van der Waals surface area contributed by atoms with Crippen molar-refractivity contribution in [1.82, 2.24) is 14.5 Å². The van der Waals surface area contributed by atoms with Gasteiger partial charge in [0.2, 0.25) is 5.88 Å². The van der Waals surface area contributed by atoms with Crippen LogP contribution in [-0.4, -0.2) is 28.3 Å². The molecule has 7 nitrogen and oxygen atoms in total. The number of ether oxygens (including phenoxy) is 1. The lowest BCUT2D eigenvalue weighted by Crippen LogP contribution is -2.24. The maximum atomic E-state index is 6.82. The first-order chi connectivity index (χ1) is 25.8. The number of fused-ring (bicyclic) bond motifs is 4. The topological polar surface area (TPSA) is 49.7 Å². The highest BCUT2D eigenvalue weighted by atomic mass is 16.5. The van der Waals surface area contributed by atoms with Gasteiger partial charge in [0.25, 0.3) is 0 Å². The third-order valence-corrected chi connectivity index (χ3v) is 9.99. The molecule has 53 heavy (non-hydrogen) atoms. The van der Waals surface area contributed by atoms with Gasteiger partial charge in [0.05, 0.1) is 34.8 Å². The molecular formula is C46H40N6O. The first-order valence-electron chi connectivity index (χ1n) is 18.0. The van der Waals surface area contributed by atoms with E-state index in [0.29, 0.717) is 18.3 Å². The minimum absolute atomic E-state index is 0.0167. The predicted octanol–water partition coefficient (Wildman–Crippen LogP) is 11.7.